The molecule has 15 heteroatoms. The SMILES string of the molecule is O=C(/C=C/c1ccc(Sc2cccc(NS(=O)(=O)Cc3ccncc3)c2)c(C(F)(F)F)c1C(F)(F)F)N1CCOCC1. The van der Waals surface area contributed by atoms with Crippen LogP contribution in [0.15, 0.2) is 76.8 Å². The number of amides is 1. The Bertz CT molecular complexity index is 1560. The number of halogens is 6. The highest BCUT2D eigenvalue weighted by atomic mass is 32.2. The lowest BCUT2D eigenvalue weighted by Crippen LogP contribution is -2.39. The normalized spacial score (nSPS) is 14.8. The summed E-state index contributed by atoms with van der Waals surface area (Å²) in [5.41, 5.74) is -4.21. The van der Waals surface area contributed by atoms with Crippen molar-refractivity contribution in [3.63, 3.8) is 0 Å². The van der Waals surface area contributed by atoms with Crippen molar-refractivity contribution in [2.75, 3.05) is 31.0 Å². The monoisotopic (exact) mass is 631 g/mol. The quantitative estimate of drug-likeness (QED) is 0.240. The largest absolute Gasteiger partial charge is 0.418 e. The van der Waals surface area contributed by atoms with Gasteiger partial charge in [0, 0.05) is 47.0 Å². The Morgan fingerprint density at radius 3 is 2.29 bits per heavy atom. The molecule has 0 saturated carbocycles. The van der Waals surface area contributed by atoms with Gasteiger partial charge in [-0.2, -0.15) is 26.3 Å². The number of alkyl halides is 6. The van der Waals surface area contributed by atoms with E-state index in [1.807, 2.05) is 0 Å². The van der Waals surface area contributed by atoms with Gasteiger partial charge in [-0.3, -0.25) is 14.5 Å². The summed E-state index contributed by atoms with van der Waals surface area (Å²) in [6.45, 7) is 0.894. The van der Waals surface area contributed by atoms with Gasteiger partial charge in [0.25, 0.3) is 0 Å². The maximum absolute atomic E-state index is 14.2. The molecule has 0 unspecified atom stereocenters. The Morgan fingerprint density at radius 2 is 1.64 bits per heavy atom. The topological polar surface area (TPSA) is 88.6 Å². The third-order valence-electron chi connectivity index (χ3n) is 5.94. The number of pyridine rings is 1. The molecule has 0 atom stereocenters. The first kappa shape index (κ1) is 31.4. The fraction of sp³-hybridized carbons (Fsp3) is 0.259. The van der Waals surface area contributed by atoms with E-state index in [-0.39, 0.29) is 36.9 Å². The van der Waals surface area contributed by atoms with Crippen LogP contribution in [0.2, 0.25) is 0 Å². The molecular weight excluding hydrogens is 608 g/mol. The minimum atomic E-state index is -5.41. The van der Waals surface area contributed by atoms with Crippen LogP contribution in [0.3, 0.4) is 0 Å². The van der Waals surface area contributed by atoms with Gasteiger partial charge in [-0.05, 0) is 53.6 Å². The summed E-state index contributed by atoms with van der Waals surface area (Å²) in [6.07, 6.45) is -6.45. The number of benzene rings is 2. The zero-order valence-electron chi connectivity index (χ0n) is 21.6. The van der Waals surface area contributed by atoms with Crippen LogP contribution in [0.5, 0.6) is 0 Å². The van der Waals surface area contributed by atoms with Crippen molar-refractivity contribution >= 4 is 39.5 Å². The summed E-state index contributed by atoms with van der Waals surface area (Å²) in [4.78, 5) is 16.8. The number of anilines is 1. The van der Waals surface area contributed by atoms with Crippen molar-refractivity contribution in [3.8, 4) is 0 Å². The van der Waals surface area contributed by atoms with E-state index in [9.17, 15) is 39.6 Å². The number of carbonyl (C=O) groups is 1. The molecule has 42 heavy (non-hydrogen) atoms. The van der Waals surface area contributed by atoms with Gasteiger partial charge in [0.05, 0.1) is 30.1 Å². The van der Waals surface area contributed by atoms with Gasteiger partial charge < -0.3 is 9.64 Å². The first-order valence-corrected chi connectivity index (χ1v) is 14.7. The van der Waals surface area contributed by atoms with Crippen molar-refractivity contribution in [3.05, 3.63) is 89.3 Å². The molecular formula is C27H23F6N3O4S2. The number of hydrogen-bond acceptors (Lipinski definition) is 6. The molecule has 0 bridgehead atoms. The lowest BCUT2D eigenvalue weighted by atomic mass is 9.99. The fourth-order valence-corrected chi connectivity index (χ4v) is 6.36. The van der Waals surface area contributed by atoms with Crippen molar-refractivity contribution in [1.29, 1.82) is 0 Å². The average Bonchev–Trinajstić information content (AvgIpc) is 2.91. The molecule has 1 aliphatic heterocycles. The van der Waals surface area contributed by atoms with Crippen LogP contribution < -0.4 is 4.72 Å². The van der Waals surface area contributed by atoms with Crippen LogP contribution >= 0.6 is 11.8 Å². The molecule has 0 spiro atoms. The van der Waals surface area contributed by atoms with E-state index in [1.54, 1.807) is 0 Å². The Morgan fingerprint density at radius 1 is 0.976 bits per heavy atom. The van der Waals surface area contributed by atoms with Crippen LogP contribution in [-0.2, 0) is 37.7 Å². The smallest absolute Gasteiger partial charge is 0.378 e. The minimum Gasteiger partial charge on any atom is -0.378 e. The zero-order valence-corrected chi connectivity index (χ0v) is 23.2. The molecule has 2 aromatic carbocycles. The average molecular weight is 632 g/mol. The highest BCUT2D eigenvalue weighted by Gasteiger charge is 2.46. The van der Waals surface area contributed by atoms with Gasteiger partial charge in [-0.15, -0.1) is 0 Å². The highest BCUT2D eigenvalue weighted by molar-refractivity contribution is 7.99. The Hall–Kier alpha value is -3.56. The molecule has 0 radical (unpaired) electrons. The number of nitrogens with one attached hydrogen (secondary N) is 1. The van der Waals surface area contributed by atoms with E-state index in [0.29, 0.717) is 17.3 Å². The van der Waals surface area contributed by atoms with Gasteiger partial charge in [-0.25, -0.2) is 8.42 Å². The van der Waals surface area contributed by atoms with Gasteiger partial charge in [0.2, 0.25) is 15.9 Å². The summed E-state index contributed by atoms with van der Waals surface area (Å²) < 4.78 is 118. The molecule has 1 fully saturated rings. The Kier molecular flexibility index (Phi) is 9.53. The summed E-state index contributed by atoms with van der Waals surface area (Å²) in [5, 5.41) is 0. The van der Waals surface area contributed by atoms with E-state index >= 15 is 0 Å². The number of hydrogen-bond donors (Lipinski definition) is 1. The first-order valence-electron chi connectivity index (χ1n) is 12.3. The van der Waals surface area contributed by atoms with Crippen molar-refractivity contribution < 1.29 is 44.3 Å². The molecule has 1 aliphatic rings. The standard InChI is InChI=1S/C27H23F6N3O4S2/c28-26(29,30)24-19(5-7-23(37)36-12-14-40-15-13-36)4-6-22(25(24)27(31,32)33)41-21-3-1-2-20(16-21)35-42(38,39)17-18-8-10-34-11-9-18/h1-11,16,35H,12-15,17H2/b7-5+. The van der Waals surface area contributed by atoms with E-state index in [0.717, 1.165) is 24.3 Å². The van der Waals surface area contributed by atoms with Gasteiger partial charge >= 0.3 is 12.4 Å². The van der Waals surface area contributed by atoms with Gasteiger partial charge in [0.15, 0.2) is 0 Å². The Labute approximate surface area is 241 Å². The number of nitrogens with zero attached hydrogens (tertiary/aromatic N) is 2. The lowest BCUT2D eigenvalue weighted by Gasteiger charge is -2.25. The molecule has 224 valence electrons. The predicted octanol–water partition coefficient (Wildman–Crippen LogP) is 6.08. The number of aromatic nitrogens is 1. The first-order chi connectivity index (χ1) is 19.7. The molecule has 7 nitrogen and oxygen atoms in total. The molecule has 1 saturated heterocycles. The highest BCUT2D eigenvalue weighted by Crippen LogP contribution is 2.48. The second-order valence-electron chi connectivity index (χ2n) is 9.02. The molecule has 1 amide bonds. The third-order valence-corrected chi connectivity index (χ3v) is 8.25. The number of sulfonamides is 1. The summed E-state index contributed by atoms with van der Waals surface area (Å²) >= 11 is 0.395. The number of ether oxygens (including phenoxy) is 1. The molecule has 2 heterocycles. The number of rotatable bonds is 8. The summed E-state index contributed by atoms with van der Waals surface area (Å²) in [6, 6.07) is 10.0. The molecule has 1 aromatic heterocycles. The number of carbonyl (C=O) groups excluding carboxylic acids is 1. The van der Waals surface area contributed by atoms with Crippen molar-refractivity contribution in [2.24, 2.45) is 0 Å². The second kappa shape index (κ2) is 12.8. The van der Waals surface area contributed by atoms with Crippen LogP contribution in [0.1, 0.15) is 22.3 Å². The molecule has 4 rings (SSSR count). The fourth-order valence-electron chi connectivity index (χ4n) is 4.12. The van der Waals surface area contributed by atoms with Crippen LogP contribution in [-0.4, -0.2) is 50.5 Å². The maximum atomic E-state index is 14.2. The minimum absolute atomic E-state index is 0.0137. The predicted molar refractivity (Wildman–Crippen MR) is 144 cm³/mol. The Balaban J connectivity index is 1.65. The summed E-state index contributed by atoms with van der Waals surface area (Å²) in [5.74, 6) is -1.05. The van der Waals surface area contributed by atoms with Crippen LogP contribution in [0.25, 0.3) is 6.08 Å². The lowest BCUT2D eigenvalue weighted by molar-refractivity contribution is -0.163. The van der Waals surface area contributed by atoms with Crippen LogP contribution in [0.4, 0.5) is 32.0 Å². The molecule has 1 N–H and O–H groups in total. The molecule has 0 aliphatic carbocycles. The van der Waals surface area contributed by atoms with E-state index < -0.39 is 55.6 Å². The van der Waals surface area contributed by atoms with Crippen LogP contribution in [0, 0.1) is 0 Å². The van der Waals surface area contributed by atoms with Gasteiger partial charge in [0.1, 0.15) is 0 Å². The van der Waals surface area contributed by atoms with E-state index in [2.05, 4.69) is 9.71 Å². The second-order valence-corrected chi connectivity index (χ2v) is 11.9. The van der Waals surface area contributed by atoms with E-state index in [1.165, 1.54) is 53.7 Å². The van der Waals surface area contributed by atoms with Crippen molar-refractivity contribution in [1.82, 2.24) is 9.88 Å². The zero-order chi connectivity index (χ0) is 30.5. The third kappa shape index (κ3) is 8.26. The summed E-state index contributed by atoms with van der Waals surface area (Å²) in [7, 11) is -3.92. The maximum Gasteiger partial charge on any atom is 0.418 e. The number of morpholine rings is 1. The van der Waals surface area contributed by atoms with Gasteiger partial charge in [-0.1, -0.05) is 23.9 Å². The van der Waals surface area contributed by atoms with E-state index in [4.69, 9.17) is 4.74 Å². The molecule has 3 aromatic rings. The van der Waals surface area contributed by atoms with Crippen molar-refractivity contribution in [2.45, 2.75) is 27.9 Å².